The molecule has 280 valence electrons. The molecule has 0 radical (unpaired) electrons. The quantitative estimate of drug-likeness (QED) is 0.0544. The summed E-state index contributed by atoms with van der Waals surface area (Å²) in [5.41, 5.74) is 1.54. The number of ether oxygens (including phenoxy) is 7. The van der Waals surface area contributed by atoms with Gasteiger partial charge in [-0.15, -0.1) is 0 Å². The van der Waals surface area contributed by atoms with Crippen molar-refractivity contribution in [3.05, 3.63) is 29.8 Å². The third-order valence-corrected chi connectivity index (χ3v) is 7.94. The molecule has 0 saturated carbocycles. The number of hydrogen-bond acceptors (Lipinski definition) is 9. The Morgan fingerprint density at radius 1 is 0.438 bits per heavy atom. The third-order valence-electron chi connectivity index (χ3n) is 7.94. The fourth-order valence-electron chi connectivity index (χ4n) is 5.01. The molecule has 1 aromatic rings. The van der Waals surface area contributed by atoms with E-state index < -0.39 is 0 Å². The summed E-state index contributed by atoms with van der Waals surface area (Å²) < 4.78 is 38.5. The van der Waals surface area contributed by atoms with Gasteiger partial charge in [0.15, 0.2) is 0 Å². The van der Waals surface area contributed by atoms with Crippen LogP contribution >= 0.6 is 0 Å². The van der Waals surface area contributed by atoms with Crippen LogP contribution in [0.15, 0.2) is 24.3 Å². The third kappa shape index (κ3) is 30.3. The minimum absolute atomic E-state index is 0.205. The molecule has 1 rings (SSSR count). The van der Waals surface area contributed by atoms with Crippen LogP contribution in [0.2, 0.25) is 0 Å². The van der Waals surface area contributed by atoms with Crippen molar-refractivity contribution in [1.29, 1.82) is 0 Å². The average Bonchev–Trinajstić information content (AvgIpc) is 3.10. The fraction of sp³-hybridized carbons (Fsp3) is 0.821. The van der Waals surface area contributed by atoms with Crippen molar-refractivity contribution in [2.75, 3.05) is 97.8 Å². The predicted octanol–water partition coefficient (Wildman–Crippen LogP) is 8.64. The van der Waals surface area contributed by atoms with Crippen molar-refractivity contribution in [2.24, 2.45) is 0 Å². The van der Waals surface area contributed by atoms with Crippen LogP contribution in [0.3, 0.4) is 0 Å². The topological polar surface area (TPSA) is 93.7 Å². The van der Waals surface area contributed by atoms with Gasteiger partial charge in [0.25, 0.3) is 0 Å². The first-order valence-electron chi connectivity index (χ1n) is 19.3. The zero-order valence-electron chi connectivity index (χ0n) is 30.8. The van der Waals surface area contributed by atoms with Crippen LogP contribution in [0.25, 0.3) is 0 Å². The molecule has 0 unspecified atom stereocenters. The SMILES string of the molecule is CCCCCCCCCCCCCCCCOCCOCCOCCOCCOCCOCCOC(=O)c1ccc(NCCCC)cc1. The highest BCUT2D eigenvalue weighted by molar-refractivity contribution is 5.89. The number of nitrogens with one attached hydrogen (secondary N) is 1. The number of rotatable bonds is 38. The van der Waals surface area contributed by atoms with E-state index in [4.69, 9.17) is 33.2 Å². The van der Waals surface area contributed by atoms with Crippen LogP contribution in [-0.4, -0.2) is 98.4 Å². The van der Waals surface area contributed by atoms with E-state index in [0.29, 0.717) is 78.2 Å². The molecule has 0 aromatic heterocycles. The average molecular weight is 682 g/mol. The Morgan fingerprint density at radius 2 is 0.792 bits per heavy atom. The normalized spacial score (nSPS) is 11.3. The first-order chi connectivity index (χ1) is 23.8. The van der Waals surface area contributed by atoms with E-state index in [1.807, 2.05) is 12.1 Å². The summed E-state index contributed by atoms with van der Waals surface area (Å²) in [5.74, 6) is -0.348. The molecule has 0 heterocycles. The Labute approximate surface area is 293 Å². The standard InChI is InChI=1S/C39H71NO8/c1-3-5-7-8-9-10-11-12-13-14-15-16-17-18-24-42-25-26-43-27-28-44-29-30-45-31-32-46-33-34-47-35-36-48-39(41)37-19-21-38(22-20-37)40-23-6-4-2/h19-22,40H,3-18,23-36H2,1-2H3. The fourth-order valence-corrected chi connectivity index (χ4v) is 5.01. The minimum atomic E-state index is -0.348. The Kier molecular flexibility index (Phi) is 33.7. The van der Waals surface area contributed by atoms with Gasteiger partial charge in [-0.25, -0.2) is 4.79 Å². The van der Waals surface area contributed by atoms with Crippen molar-refractivity contribution in [1.82, 2.24) is 0 Å². The lowest BCUT2D eigenvalue weighted by molar-refractivity contribution is -0.0194. The molecule has 0 fully saturated rings. The van der Waals surface area contributed by atoms with Crippen LogP contribution in [0.5, 0.6) is 0 Å². The summed E-state index contributed by atoms with van der Waals surface area (Å²) in [7, 11) is 0. The molecule has 0 amide bonds. The zero-order valence-corrected chi connectivity index (χ0v) is 30.8. The molecule has 1 N–H and O–H groups in total. The van der Waals surface area contributed by atoms with Crippen LogP contribution in [0, 0.1) is 0 Å². The molecule has 9 heteroatoms. The van der Waals surface area contributed by atoms with Gasteiger partial charge in [0, 0.05) is 18.8 Å². The van der Waals surface area contributed by atoms with Gasteiger partial charge in [-0.05, 0) is 37.1 Å². The lowest BCUT2D eigenvalue weighted by Crippen LogP contribution is -2.15. The number of esters is 1. The zero-order chi connectivity index (χ0) is 34.4. The molecular formula is C39H71NO8. The molecule has 0 aliphatic heterocycles. The number of unbranched alkanes of at least 4 members (excludes halogenated alkanes) is 14. The molecule has 0 aliphatic carbocycles. The highest BCUT2D eigenvalue weighted by Gasteiger charge is 2.07. The largest absolute Gasteiger partial charge is 0.460 e. The van der Waals surface area contributed by atoms with Crippen molar-refractivity contribution in [3.8, 4) is 0 Å². The molecule has 0 saturated heterocycles. The van der Waals surface area contributed by atoms with Gasteiger partial charge in [0.1, 0.15) is 6.61 Å². The molecule has 9 nitrogen and oxygen atoms in total. The second-order valence-electron chi connectivity index (χ2n) is 12.3. The Hall–Kier alpha value is -1.75. The van der Waals surface area contributed by atoms with Crippen molar-refractivity contribution in [3.63, 3.8) is 0 Å². The van der Waals surface area contributed by atoms with E-state index in [9.17, 15) is 4.79 Å². The van der Waals surface area contributed by atoms with Gasteiger partial charge in [-0.2, -0.15) is 0 Å². The first-order valence-corrected chi connectivity index (χ1v) is 19.3. The van der Waals surface area contributed by atoms with Crippen molar-refractivity contribution >= 4 is 11.7 Å². The van der Waals surface area contributed by atoms with Crippen LogP contribution in [-0.2, 0) is 33.2 Å². The van der Waals surface area contributed by atoms with Crippen LogP contribution in [0.4, 0.5) is 5.69 Å². The predicted molar refractivity (Wildman–Crippen MR) is 195 cm³/mol. The molecule has 0 spiro atoms. The van der Waals surface area contributed by atoms with Gasteiger partial charge < -0.3 is 38.5 Å². The molecule has 0 bridgehead atoms. The van der Waals surface area contributed by atoms with Gasteiger partial charge in [-0.3, -0.25) is 0 Å². The van der Waals surface area contributed by atoms with E-state index in [2.05, 4.69) is 19.2 Å². The lowest BCUT2D eigenvalue weighted by Gasteiger charge is -2.09. The van der Waals surface area contributed by atoms with E-state index in [1.54, 1.807) is 12.1 Å². The maximum absolute atomic E-state index is 12.1. The van der Waals surface area contributed by atoms with Crippen molar-refractivity contribution < 1.29 is 38.0 Å². The maximum Gasteiger partial charge on any atom is 0.338 e. The smallest absolute Gasteiger partial charge is 0.338 e. The van der Waals surface area contributed by atoms with Gasteiger partial charge in [-0.1, -0.05) is 104 Å². The number of carbonyl (C=O) groups excluding carboxylic acids is 1. The number of carbonyl (C=O) groups is 1. The molecule has 1 aromatic carbocycles. The highest BCUT2D eigenvalue weighted by Crippen LogP contribution is 2.13. The van der Waals surface area contributed by atoms with E-state index in [-0.39, 0.29) is 12.6 Å². The molecule has 48 heavy (non-hydrogen) atoms. The summed E-state index contributed by atoms with van der Waals surface area (Å²) in [5, 5.41) is 3.33. The summed E-state index contributed by atoms with van der Waals surface area (Å²) in [6, 6.07) is 7.33. The molecule has 0 aliphatic rings. The summed E-state index contributed by atoms with van der Waals surface area (Å²) in [6.07, 6.45) is 21.5. The summed E-state index contributed by atoms with van der Waals surface area (Å²) in [4.78, 5) is 12.1. The lowest BCUT2D eigenvalue weighted by atomic mass is 10.0. The molecule has 0 atom stereocenters. The summed E-state index contributed by atoms with van der Waals surface area (Å²) in [6.45, 7) is 12.0. The van der Waals surface area contributed by atoms with E-state index in [1.165, 1.54) is 83.5 Å². The Morgan fingerprint density at radius 3 is 1.21 bits per heavy atom. The second kappa shape index (κ2) is 36.5. The van der Waals surface area contributed by atoms with E-state index in [0.717, 1.165) is 38.1 Å². The minimum Gasteiger partial charge on any atom is -0.460 e. The first kappa shape index (κ1) is 44.3. The molecular weight excluding hydrogens is 610 g/mol. The number of hydrogen-bond donors (Lipinski definition) is 1. The Bertz CT molecular complexity index is 795. The van der Waals surface area contributed by atoms with Crippen LogP contribution in [0.1, 0.15) is 127 Å². The highest BCUT2D eigenvalue weighted by atomic mass is 16.6. The number of anilines is 1. The van der Waals surface area contributed by atoms with Crippen molar-refractivity contribution in [2.45, 2.75) is 117 Å². The summed E-state index contributed by atoms with van der Waals surface area (Å²) >= 11 is 0. The second-order valence-corrected chi connectivity index (χ2v) is 12.3. The van der Waals surface area contributed by atoms with Crippen LogP contribution < -0.4 is 5.32 Å². The Balaban J connectivity index is 1.70. The van der Waals surface area contributed by atoms with E-state index >= 15 is 0 Å². The van der Waals surface area contributed by atoms with Gasteiger partial charge >= 0.3 is 5.97 Å². The van der Waals surface area contributed by atoms with Gasteiger partial charge in [0.2, 0.25) is 0 Å². The number of benzene rings is 1. The van der Waals surface area contributed by atoms with Gasteiger partial charge in [0.05, 0.1) is 78.2 Å². The monoisotopic (exact) mass is 682 g/mol. The maximum atomic E-state index is 12.1.